The molecular weight excluding hydrogens is 396 g/mol. The van der Waals surface area contributed by atoms with Crippen molar-refractivity contribution in [3.05, 3.63) is 69.4 Å². The standard InChI is InChI=1S/C18H15BrN6O/c1-10-14-15(16-13(19)9-22-24(16)2)12(8-20)17(21)26-18(14)25(23-10)11-6-4-3-5-7-11/h3-7,9,15H,21H2,1-2H3. The number of aromatic nitrogens is 4. The minimum Gasteiger partial charge on any atom is -0.422 e. The molecule has 1 unspecified atom stereocenters. The predicted octanol–water partition coefficient (Wildman–Crippen LogP) is 2.89. The smallest absolute Gasteiger partial charge is 0.229 e. The zero-order valence-electron chi connectivity index (χ0n) is 14.1. The third-order valence-corrected chi connectivity index (χ3v) is 5.06. The summed E-state index contributed by atoms with van der Waals surface area (Å²) >= 11 is 3.53. The monoisotopic (exact) mass is 410 g/mol. The molecule has 1 aliphatic heterocycles. The van der Waals surface area contributed by atoms with E-state index in [-0.39, 0.29) is 5.88 Å². The molecule has 26 heavy (non-hydrogen) atoms. The van der Waals surface area contributed by atoms with Crippen LogP contribution in [0.25, 0.3) is 5.69 Å². The van der Waals surface area contributed by atoms with Gasteiger partial charge in [0.2, 0.25) is 11.8 Å². The van der Waals surface area contributed by atoms with Crippen LogP contribution in [0, 0.1) is 18.3 Å². The van der Waals surface area contributed by atoms with Gasteiger partial charge in [-0.2, -0.15) is 15.5 Å². The highest BCUT2D eigenvalue weighted by atomic mass is 79.9. The van der Waals surface area contributed by atoms with Gasteiger partial charge in [-0.3, -0.25) is 4.68 Å². The third kappa shape index (κ3) is 2.32. The zero-order chi connectivity index (χ0) is 18.4. The number of hydrogen-bond donors (Lipinski definition) is 1. The predicted molar refractivity (Wildman–Crippen MR) is 98.5 cm³/mol. The largest absolute Gasteiger partial charge is 0.422 e. The maximum atomic E-state index is 9.71. The van der Waals surface area contributed by atoms with Gasteiger partial charge in [-0.25, -0.2) is 4.68 Å². The lowest BCUT2D eigenvalue weighted by Gasteiger charge is -2.25. The topological polar surface area (TPSA) is 94.7 Å². The van der Waals surface area contributed by atoms with Gasteiger partial charge >= 0.3 is 0 Å². The van der Waals surface area contributed by atoms with Crippen molar-refractivity contribution in [1.29, 1.82) is 5.26 Å². The Labute approximate surface area is 158 Å². The highest BCUT2D eigenvalue weighted by Gasteiger charge is 2.38. The summed E-state index contributed by atoms with van der Waals surface area (Å²) in [4.78, 5) is 0. The molecule has 2 N–H and O–H groups in total. The maximum Gasteiger partial charge on any atom is 0.229 e. The van der Waals surface area contributed by atoms with E-state index in [0.717, 1.165) is 27.1 Å². The summed E-state index contributed by atoms with van der Waals surface area (Å²) in [5.41, 5.74) is 9.70. The van der Waals surface area contributed by atoms with Crippen LogP contribution >= 0.6 is 15.9 Å². The summed E-state index contributed by atoms with van der Waals surface area (Å²) in [5, 5.41) is 18.6. The second-order valence-electron chi connectivity index (χ2n) is 5.98. The minimum atomic E-state index is -0.414. The van der Waals surface area contributed by atoms with E-state index in [2.05, 4.69) is 32.2 Å². The second-order valence-corrected chi connectivity index (χ2v) is 6.83. The van der Waals surface area contributed by atoms with Crippen molar-refractivity contribution >= 4 is 15.9 Å². The van der Waals surface area contributed by atoms with Gasteiger partial charge in [-0.1, -0.05) is 18.2 Å². The molecule has 0 amide bonds. The van der Waals surface area contributed by atoms with Gasteiger partial charge in [0, 0.05) is 7.05 Å². The van der Waals surface area contributed by atoms with Crippen molar-refractivity contribution in [3.63, 3.8) is 0 Å². The van der Waals surface area contributed by atoms with Crippen LogP contribution in [-0.2, 0) is 7.05 Å². The maximum absolute atomic E-state index is 9.71. The SMILES string of the molecule is Cc1nn(-c2ccccc2)c2c1C(c1c(Br)cnn1C)C(C#N)=C(N)O2. The van der Waals surface area contributed by atoms with Crippen molar-refractivity contribution in [1.82, 2.24) is 19.6 Å². The molecule has 0 saturated carbocycles. The summed E-state index contributed by atoms with van der Waals surface area (Å²) < 4.78 is 10.1. The number of rotatable bonds is 2. The lowest BCUT2D eigenvalue weighted by Crippen LogP contribution is -2.23. The molecule has 7 nitrogen and oxygen atoms in total. The summed E-state index contributed by atoms with van der Waals surface area (Å²) in [5.74, 6) is 0.182. The van der Waals surface area contributed by atoms with Gasteiger partial charge in [0.1, 0.15) is 11.6 Å². The summed E-state index contributed by atoms with van der Waals surface area (Å²) in [6.45, 7) is 1.90. The molecule has 0 saturated heterocycles. The Hall–Kier alpha value is -3.05. The van der Waals surface area contributed by atoms with Crippen LogP contribution in [-0.4, -0.2) is 19.6 Å². The van der Waals surface area contributed by atoms with Crippen LogP contribution in [0.1, 0.15) is 22.9 Å². The Bertz CT molecular complexity index is 1050. The van der Waals surface area contributed by atoms with E-state index in [1.165, 1.54) is 0 Å². The van der Waals surface area contributed by atoms with Crippen molar-refractivity contribution in [2.24, 2.45) is 12.8 Å². The molecule has 2 aromatic heterocycles. The van der Waals surface area contributed by atoms with Gasteiger partial charge in [0.25, 0.3) is 0 Å². The zero-order valence-corrected chi connectivity index (χ0v) is 15.7. The van der Waals surface area contributed by atoms with E-state index < -0.39 is 5.92 Å². The number of halogens is 1. The average molecular weight is 411 g/mol. The number of fused-ring (bicyclic) bond motifs is 1. The lowest BCUT2D eigenvalue weighted by molar-refractivity contribution is 0.365. The number of nitriles is 1. The van der Waals surface area contributed by atoms with Gasteiger partial charge in [0.05, 0.1) is 39.2 Å². The number of allylic oxidation sites excluding steroid dienone is 1. The Morgan fingerprint density at radius 3 is 2.65 bits per heavy atom. The van der Waals surface area contributed by atoms with E-state index in [4.69, 9.17) is 10.5 Å². The highest BCUT2D eigenvalue weighted by Crippen LogP contribution is 2.46. The quantitative estimate of drug-likeness (QED) is 0.700. The summed E-state index contributed by atoms with van der Waals surface area (Å²) in [6, 6.07) is 11.9. The molecule has 130 valence electrons. The van der Waals surface area contributed by atoms with Crippen LogP contribution in [0.2, 0.25) is 0 Å². The lowest BCUT2D eigenvalue weighted by atomic mass is 9.87. The first-order chi connectivity index (χ1) is 12.5. The van der Waals surface area contributed by atoms with Crippen molar-refractivity contribution in [3.8, 4) is 17.6 Å². The molecular formula is C18H15BrN6O. The summed E-state index contributed by atoms with van der Waals surface area (Å²) in [6.07, 6.45) is 1.70. The van der Waals surface area contributed by atoms with Crippen molar-refractivity contribution in [2.45, 2.75) is 12.8 Å². The van der Waals surface area contributed by atoms with E-state index >= 15 is 0 Å². The van der Waals surface area contributed by atoms with Crippen LogP contribution in [0.15, 0.2) is 52.5 Å². The molecule has 8 heteroatoms. The van der Waals surface area contributed by atoms with Gasteiger partial charge in [0.15, 0.2) is 0 Å². The Balaban J connectivity index is 2.01. The molecule has 1 atom stereocenters. The van der Waals surface area contributed by atoms with Crippen LogP contribution in [0.5, 0.6) is 5.88 Å². The molecule has 1 aromatic carbocycles. The van der Waals surface area contributed by atoms with E-state index in [1.807, 2.05) is 44.3 Å². The second kappa shape index (κ2) is 6.04. The number of nitrogens with two attached hydrogens (primary N) is 1. The molecule has 3 aromatic rings. The van der Waals surface area contributed by atoms with Crippen LogP contribution < -0.4 is 10.5 Å². The Kier molecular flexibility index (Phi) is 3.81. The Morgan fingerprint density at radius 2 is 2.04 bits per heavy atom. The fourth-order valence-electron chi connectivity index (χ4n) is 3.28. The number of hydrogen-bond acceptors (Lipinski definition) is 5. The first kappa shape index (κ1) is 16.4. The summed E-state index contributed by atoms with van der Waals surface area (Å²) in [7, 11) is 1.83. The molecule has 0 radical (unpaired) electrons. The number of benzene rings is 1. The minimum absolute atomic E-state index is 0.0789. The van der Waals surface area contributed by atoms with E-state index in [1.54, 1.807) is 15.6 Å². The molecule has 1 aliphatic rings. The number of aryl methyl sites for hydroxylation is 2. The first-order valence-corrected chi connectivity index (χ1v) is 8.72. The molecule has 3 heterocycles. The molecule has 0 bridgehead atoms. The first-order valence-electron chi connectivity index (χ1n) is 7.92. The Morgan fingerprint density at radius 1 is 1.31 bits per heavy atom. The van der Waals surface area contributed by atoms with Crippen molar-refractivity contribution in [2.75, 3.05) is 0 Å². The van der Waals surface area contributed by atoms with Crippen LogP contribution in [0.3, 0.4) is 0 Å². The van der Waals surface area contributed by atoms with Crippen molar-refractivity contribution < 1.29 is 4.74 Å². The van der Waals surface area contributed by atoms with E-state index in [0.29, 0.717) is 11.5 Å². The number of nitrogens with zero attached hydrogens (tertiary/aromatic N) is 5. The van der Waals surface area contributed by atoms with Gasteiger partial charge < -0.3 is 10.5 Å². The molecule has 4 rings (SSSR count). The van der Waals surface area contributed by atoms with Gasteiger partial charge in [-0.05, 0) is 35.0 Å². The average Bonchev–Trinajstić information content (AvgIpc) is 3.14. The van der Waals surface area contributed by atoms with Gasteiger partial charge in [-0.15, -0.1) is 0 Å². The van der Waals surface area contributed by atoms with E-state index in [9.17, 15) is 5.26 Å². The molecule has 0 spiro atoms. The van der Waals surface area contributed by atoms with Crippen LogP contribution in [0.4, 0.5) is 0 Å². The number of para-hydroxylation sites is 1. The fraction of sp³-hybridized carbons (Fsp3) is 0.167. The fourth-order valence-corrected chi connectivity index (χ4v) is 3.85. The normalized spacial score (nSPS) is 16.2. The highest BCUT2D eigenvalue weighted by molar-refractivity contribution is 9.10. The number of ether oxygens (including phenoxy) is 1. The molecule has 0 fully saturated rings. The molecule has 0 aliphatic carbocycles. The third-order valence-electron chi connectivity index (χ3n) is 4.44.